The van der Waals surface area contributed by atoms with Crippen molar-refractivity contribution in [2.24, 2.45) is 0 Å². The predicted octanol–water partition coefficient (Wildman–Crippen LogP) is 0.495. The van der Waals surface area contributed by atoms with E-state index in [2.05, 4.69) is 10.9 Å². The summed E-state index contributed by atoms with van der Waals surface area (Å²) in [6.07, 6.45) is 0.453. The average molecular weight is 204 g/mol. The maximum absolute atomic E-state index is 11.7. The number of hydrogen-bond donors (Lipinski definition) is 2. The Morgan fingerprint density at radius 3 is 2.07 bits per heavy atom. The van der Waals surface area contributed by atoms with Gasteiger partial charge in [0, 0.05) is 0 Å². The SMILES string of the molecule is CCC1(c2ccccc2)C(=O)NNC1=O. The number of hydrogen-bond acceptors (Lipinski definition) is 2. The summed E-state index contributed by atoms with van der Waals surface area (Å²) in [6, 6.07) is 9.11. The monoisotopic (exact) mass is 204 g/mol. The number of hydrazine groups is 1. The van der Waals surface area contributed by atoms with Crippen LogP contribution in [0.1, 0.15) is 18.9 Å². The fourth-order valence-electron chi connectivity index (χ4n) is 1.94. The first-order valence-electron chi connectivity index (χ1n) is 4.88. The van der Waals surface area contributed by atoms with Crippen LogP contribution in [-0.4, -0.2) is 11.8 Å². The second kappa shape index (κ2) is 3.38. The Morgan fingerprint density at radius 1 is 1.07 bits per heavy atom. The van der Waals surface area contributed by atoms with Crippen LogP contribution in [0.5, 0.6) is 0 Å². The van der Waals surface area contributed by atoms with Crippen molar-refractivity contribution >= 4 is 11.8 Å². The molecule has 0 aliphatic carbocycles. The molecule has 2 amide bonds. The van der Waals surface area contributed by atoms with Gasteiger partial charge in [-0.05, 0) is 12.0 Å². The van der Waals surface area contributed by atoms with Crippen LogP contribution >= 0.6 is 0 Å². The molecule has 0 atom stereocenters. The van der Waals surface area contributed by atoms with E-state index in [1.165, 1.54) is 0 Å². The molecule has 1 fully saturated rings. The van der Waals surface area contributed by atoms with Crippen LogP contribution in [0.3, 0.4) is 0 Å². The number of carbonyl (C=O) groups excluding carboxylic acids is 2. The Labute approximate surface area is 87.6 Å². The largest absolute Gasteiger partial charge is 0.272 e. The fourth-order valence-corrected chi connectivity index (χ4v) is 1.94. The highest BCUT2D eigenvalue weighted by molar-refractivity contribution is 6.15. The van der Waals surface area contributed by atoms with E-state index in [0.717, 1.165) is 5.56 Å². The van der Waals surface area contributed by atoms with Crippen molar-refractivity contribution in [3.05, 3.63) is 35.9 Å². The molecule has 1 aromatic carbocycles. The van der Waals surface area contributed by atoms with Gasteiger partial charge in [0.15, 0.2) is 5.41 Å². The van der Waals surface area contributed by atoms with Gasteiger partial charge >= 0.3 is 0 Å². The molecular weight excluding hydrogens is 192 g/mol. The van der Waals surface area contributed by atoms with E-state index in [1.807, 2.05) is 25.1 Å². The highest BCUT2D eigenvalue weighted by Gasteiger charge is 2.50. The summed E-state index contributed by atoms with van der Waals surface area (Å²) in [7, 11) is 0. The minimum absolute atomic E-state index is 0.277. The molecule has 0 bridgehead atoms. The number of carbonyl (C=O) groups is 2. The lowest BCUT2D eigenvalue weighted by Gasteiger charge is -2.21. The third-order valence-electron chi connectivity index (χ3n) is 2.86. The molecule has 0 aromatic heterocycles. The molecule has 0 unspecified atom stereocenters. The van der Waals surface area contributed by atoms with Crippen LogP contribution in [0, 0.1) is 0 Å². The van der Waals surface area contributed by atoms with Gasteiger partial charge in [0.05, 0.1) is 0 Å². The van der Waals surface area contributed by atoms with Gasteiger partial charge in [-0.2, -0.15) is 0 Å². The van der Waals surface area contributed by atoms with Crippen molar-refractivity contribution < 1.29 is 9.59 Å². The first-order valence-corrected chi connectivity index (χ1v) is 4.88. The van der Waals surface area contributed by atoms with E-state index in [-0.39, 0.29) is 11.8 Å². The molecule has 1 aliphatic heterocycles. The van der Waals surface area contributed by atoms with E-state index < -0.39 is 5.41 Å². The van der Waals surface area contributed by atoms with Crippen LogP contribution in [0.2, 0.25) is 0 Å². The molecule has 4 nitrogen and oxygen atoms in total. The lowest BCUT2D eigenvalue weighted by Crippen LogP contribution is -2.39. The molecule has 2 N–H and O–H groups in total. The minimum atomic E-state index is -1.05. The van der Waals surface area contributed by atoms with Crippen molar-refractivity contribution in [3.8, 4) is 0 Å². The first-order chi connectivity index (χ1) is 7.21. The average Bonchev–Trinajstić information content (AvgIpc) is 2.57. The molecule has 15 heavy (non-hydrogen) atoms. The second-order valence-corrected chi connectivity index (χ2v) is 3.53. The van der Waals surface area contributed by atoms with Gasteiger partial charge in [0.1, 0.15) is 0 Å². The Bertz CT molecular complexity index is 384. The normalized spacial score (nSPS) is 18.5. The molecule has 1 saturated heterocycles. The Hall–Kier alpha value is -1.84. The van der Waals surface area contributed by atoms with Crippen molar-refractivity contribution in [1.82, 2.24) is 10.9 Å². The van der Waals surface area contributed by atoms with Gasteiger partial charge in [0.25, 0.3) is 11.8 Å². The summed E-state index contributed by atoms with van der Waals surface area (Å²) in [5.74, 6) is -0.553. The molecule has 1 heterocycles. The summed E-state index contributed by atoms with van der Waals surface area (Å²) in [5.41, 5.74) is 4.42. The lowest BCUT2D eigenvalue weighted by atomic mass is 9.77. The van der Waals surface area contributed by atoms with Crippen LogP contribution in [0.15, 0.2) is 30.3 Å². The Balaban J connectivity index is 2.55. The first kappa shape index (κ1) is 9.71. The summed E-state index contributed by atoms with van der Waals surface area (Å²) in [4.78, 5) is 23.5. The highest BCUT2D eigenvalue weighted by Crippen LogP contribution is 2.30. The maximum Gasteiger partial charge on any atom is 0.258 e. The van der Waals surface area contributed by atoms with Gasteiger partial charge < -0.3 is 0 Å². The van der Waals surface area contributed by atoms with E-state index in [4.69, 9.17) is 0 Å². The summed E-state index contributed by atoms with van der Waals surface area (Å²) in [5, 5.41) is 0. The maximum atomic E-state index is 11.7. The third kappa shape index (κ3) is 1.21. The van der Waals surface area contributed by atoms with E-state index in [0.29, 0.717) is 6.42 Å². The number of rotatable bonds is 2. The summed E-state index contributed by atoms with van der Waals surface area (Å²) < 4.78 is 0. The molecule has 0 radical (unpaired) electrons. The molecular formula is C11H12N2O2. The Morgan fingerprint density at radius 2 is 1.60 bits per heavy atom. The summed E-state index contributed by atoms with van der Waals surface area (Å²) in [6.45, 7) is 1.83. The van der Waals surface area contributed by atoms with Crippen LogP contribution < -0.4 is 10.9 Å². The molecule has 78 valence electrons. The Kier molecular flexibility index (Phi) is 2.19. The van der Waals surface area contributed by atoms with Gasteiger partial charge in [-0.1, -0.05) is 37.3 Å². The number of amides is 2. The van der Waals surface area contributed by atoms with Crippen molar-refractivity contribution in [3.63, 3.8) is 0 Å². The molecule has 2 rings (SSSR count). The smallest absolute Gasteiger partial charge is 0.258 e. The minimum Gasteiger partial charge on any atom is -0.272 e. The van der Waals surface area contributed by atoms with Gasteiger partial charge in [-0.15, -0.1) is 0 Å². The molecule has 1 aliphatic rings. The van der Waals surface area contributed by atoms with Crippen LogP contribution in [0.4, 0.5) is 0 Å². The lowest BCUT2D eigenvalue weighted by molar-refractivity contribution is -0.130. The van der Waals surface area contributed by atoms with Crippen molar-refractivity contribution in [1.29, 1.82) is 0 Å². The molecule has 0 saturated carbocycles. The van der Waals surface area contributed by atoms with Gasteiger partial charge in [-0.3, -0.25) is 20.4 Å². The van der Waals surface area contributed by atoms with E-state index in [1.54, 1.807) is 12.1 Å². The van der Waals surface area contributed by atoms with Crippen LogP contribution in [-0.2, 0) is 15.0 Å². The van der Waals surface area contributed by atoms with E-state index >= 15 is 0 Å². The van der Waals surface area contributed by atoms with E-state index in [9.17, 15) is 9.59 Å². The zero-order valence-corrected chi connectivity index (χ0v) is 8.41. The fraction of sp³-hybridized carbons (Fsp3) is 0.273. The molecule has 0 spiro atoms. The van der Waals surface area contributed by atoms with Crippen molar-refractivity contribution in [2.75, 3.05) is 0 Å². The number of benzene rings is 1. The topological polar surface area (TPSA) is 58.2 Å². The predicted molar refractivity (Wildman–Crippen MR) is 54.7 cm³/mol. The summed E-state index contributed by atoms with van der Waals surface area (Å²) >= 11 is 0. The zero-order valence-electron chi connectivity index (χ0n) is 8.41. The standard InChI is InChI=1S/C11H12N2O2/c1-2-11(8-6-4-3-5-7-8)9(14)12-13-10(11)15/h3-7H,2H2,1H3,(H,12,14)(H,13,15). The second-order valence-electron chi connectivity index (χ2n) is 3.53. The molecule has 4 heteroatoms. The van der Waals surface area contributed by atoms with Gasteiger partial charge in [0.2, 0.25) is 0 Å². The third-order valence-corrected chi connectivity index (χ3v) is 2.86. The highest BCUT2D eigenvalue weighted by atomic mass is 16.2. The van der Waals surface area contributed by atoms with Gasteiger partial charge in [-0.25, -0.2) is 0 Å². The molecule has 1 aromatic rings. The zero-order chi connectivity index (χ0) is 10.9. The quantitative estimate of drug-likeness (QED) is 0.689. The van der Waals surface area contributed by atoms with Crippen molar-refractivity contribution in [2.45, 2.75) is 18.8 Å². The van der Waals surface area contributed by atoms with Crippen LogP contribution in [0.25, 0.3) is 0 Å². The number of nitrogens with one attached hydrogen (secondary N) is 2.